The van der Waals surface area contributed by atoms with E-state index in [0.29, 0.717) is 6.07 Å². The van der Waals surface area contributed by atoms with E-state index in [2.05, 4.69) is 0 Å². The van der Waals surface area contributed by atoms with Gasteiger partial charge in [-0.2, -0.15) is 13.2 Å². The largest absolute Gasteiger partial charge is 0.424 e. The Balaban J connectivity index is 3.15. The molecule has 0 aliphatic carbocycles. The van der Waals surface area contributed by atoms with E-state index in [4.69, 9.17) is 0 Å². The highest BCUT2D eigenvalue weighted by Crippen LogP contribution is 2.28. The van der Waals surface area contributed by atoms with E-state index in [0.717, 1.165) is 6.07 Å². The molecule has 0 heterocycles. The molecule has 0 aromatic heterocycles. The Kier molecular flexibility index (Phi) is 3.20. The first kappa shape index (κ1) is 12.8. The lowest BCUT2D eigenvalue weighted by molar-refractivity contribution is -0.137. The third-order valence-corrected chi connectivity index (χ3v) is 4.05. The first-order valence-electron chi connectivity index (χ1n) is 4.41. The zero-order valence-electron chi connectivity index (χ0n) is 8.59. The second-order valence-electron chi connectivity index (χ2n) is 3.45. The van der Waals surface area contributed by atoms with E-state index >= 15 is 0 Å². The maximum absolute atomic E-state index is 12.2. The molecule has 0 fully saturated rings. The summed E-state index contributed by atoms with van der Waals surface area (Å²) in [6.45, 7) is 2.89. The van der Waals surface area contributed by atoms with E-state index in [-0.39, 0.29) is 4.90 Å². The summed E-state index contributed by atoms with van der Waals surface area (Å²) in [4.78, 5) is -0.268. The van der Waals surface area contributed by atoms with Crippen LogP contribution >= 0.6 is 0 Å². The lowest BCUT2D eigenvalue weighted by Gasteiger charge is -2.06. The van der Waals surface area contributed by atoms with Crippen molar-refractivity contribution in [2.75, 3.05) is 0 Å². The average Bonchev–Trinajstić information content (AvgIpc) is 2.16. The standard InChI is InChI=1S/C10H9F3O2S/c1-7(2)16(14,15)9-5-3-8(4-6-9)10(11,12)13/h3,5,7H,1-2H3. The van der Waals surface area contributed by atoms with Gasteiger partial charge in [-0.05, 0) is 32.0 Å². The van der Waals surface area contributed by atoms with Gasteiger partial charge in [-0.25, -0.2) is 8.42 Å². The van der Waals surface area contributed by atoms with Gasteiger partial charge in [0.25, 0.3) is 0 Å². The molecule has 0 spiro atoms. The summed E-state index contributed by atoms with van der Waals surface area (Å²) in [7, 11) is -3.59. The van der Waals surface area contributed by atoms with Crippen LogP contribution in [0.15, 0.2) is 17.0 Å². The lowest BCUT2D eigenvalue weighted by atomic mass is 10.2. The third kappa shape index (κ3) is 2.47. The van der Waals surface area contributed by atoms with Crippen LogP contribution < -0.4 is 0 Å². The molecule has 0 N–H and O–H groups in total. The Morgan fingerprint density at radius 2 is 1.75 bits per heavy atom. The van der Waals surface area contributed by atoms with Crippen molar-refractivity contribution in [1.82, 2.24) is 0 Å². The third-order valence-electron chi connectivity index (χ3n) is 1.95. The summed E-state index contributed by atoms with van der Waals surface area (Å²) in [5.41, 5.74) is -1.03. The van der Waals surface area contributed by atoms with E-state index in [1.54, 1.807) is 0 Å². The molecule has 6 heteroatoms. The highest BCUT2D eigenvalue weighted by atomic mass is 32.2. The molecule has 1 aromatic carbocycles. The number of sulfone groups is 1. The predicted molar refractivity (Wildman–Crippen MR) is 51.4 cm³/mol. The number of hydrogen-bond donors (Lipinski definition) is 0. The number of halogens is 3. The van der Waals surface area contributed by atoms with Gasteiger partial charge in [0.1, 0.15) is 10.5 Å². The van der Waals surface area contributed by atoms with Crippen LogP contribution in [0.4, 0.5) is 13.2 Å². The summed E-state index contributed by atoms with van der Waals surface area (Å²) in [5.74, 6) is 0. The molecule has 0 unspecified atom stereocenters. The topological polar surface area (TPSA) is 34.1 Å². The quantitative estimate of drug-likeness (QED) is 0.808. The fourth-order valence-corrected chi connectivity index (χ4v) is 1.92. The van der Waals surface area contributed by atoms with Crippen LogP contribution in [-0.4, -0.2) is 13.7 Å². The summed E-state index contributed by atoms with van der Waals surface area (Å²) < 4.78 is 59.6. The van der Waals surface area contributed by atoms with Gasteiger partial charge in [-0.15, -0.1) is 0 Å². The second-order valence-corrected chi connectivity index (χ2v) is 5.93. The van der Waals surface area contributed by atoms with Gasteiger partial charge < -0.3 is 0 Å². The summed E-state index contributed by atoms with van der Waals surface area (Å²) >= 11 is 0. The molecule has 88 valence electrons. The first-order chi connectivity index (χ1) is 7.15. The number of rotatable bonds is 2. The minimum Gasteiger partial charge on any atom is -0.223 e. The SMILES string of the molecule is CC(C)S(=O)(=O)c1c#cc(C(F)(F)F)cc1. The van der Waals surface area contributed by atoms with Crippen LogP contribution in [0.5, 0.6) is 0 Å². The highest BCUT2D eigenvalue weighted by Gasteiger charge is 2.31. The van der Waals surface area contributed by atoms with Crippen molar-refractivity contribution >= 4 is 9.84 Å². The molecule has 0 saturated heterocycles. The zero-order valence-corrected chi connectivity index (χ0v) is 9.41. The Labute approximate surface area is 92.0 Å². The molecule has 1 aromatic rings. The molecule has 0 aliphatic rings. The number of alkyl halides is 3. The van der Waals surface area contributed by atoms with Crippen molar-refractivity contribution in [2.45, 2.75) is 30.2 Å². The first-order valence-corrected chi connectivity index (χ1v) is 5.95. The molecular formula is C10H9F3O2S. The minimum absolute atomic E-state index is 0.268. The van der Waals surface area contributed by atoms with Crippen LogP contribution in [0.2, 0.25) is 0 Å². The fraction of sp³-hybridized carbons (Fsp3) is 0.400. The summed E-state index contributed by atoms with van der Waals surface area (Å²) in [5, 5.41) is -0.700. The van der Waals surface area contributed by atoms with Crippen LogP contribution in [0, 0.1) is 12.1 Å². The van der Waals surface area contributed by atoms with Crippen LogP contribution in [0.3, 0.4) is 0 Å². The maximum atomic E-state index is 12.2. The van der Waals surface area contributed by atoms with Gasteiger partial charge in [-0.1, -0.05) is 6.07 Å². The average molecular weight is 250 g/mol. The number of hydrogen-bond acceptors (Lipinski definition) is 2. The Morgan fingerprint density at radius 3 is 2.06 bits per heavy atom. The van der Waals surface area contributed by atoms with Gasteiger partial charge in [-0.3, -0.25) is 0 Å². The maximum Gasteiger partial charge on any atom is 0.424 e. The van der Waals surface area contributed by atoms with Crippen LogP contribution in [-0.2, 0) is 16.0 Å². The van der Waals surface area contributed by atoms with Crippen molar-refractivity contribution in [2.24, 2.45) is 0 Å². The predicted octanol–water partition coefficient (Wildman–Crippen LogP) is 2.49. The van der Waals surface area contributed by atoms with Gasteiger partial charge >= 0.3 is 6.18 Å². The molecule has 0 atom stereocenters. The normalized spacial score (nSPS) is 12.6. The Morgan fingerprint density at radius 1 is 1.19 bits per heavy atom. The molecule has 0 amide bonds. The highest BCUT2D eigenvalue weighted by molar-refractivity contribution is 7.92. The van der Waals surface area contributed by atoms with Gasteiger partial charge in [0.2, 0.25) is 0 Å². The fourth-order valence-electron chi connectivity index (χ4n) is 0.957. The molecule has 0 saturated carbocycles. The Bertz CT molecular complexity index is 458. The molecule has 0 radical (unpaired) electrons. The van der Waals surface area contributed by atoms with Crippen molar-refractivity contribution in [3.8, 4) is 0 Å². The second kappa shape index (κ2) is 3.98. The van der Waals surface area contributed by atoms with E-state index in [1.165, 1.54) is 13.8 Å². The molecule has 16 heavy (non-hydrogen) atoms. The van der Waals surface area contributed by atoms with Crippen molar-refractivity contribution in [3.63, 3.8) is 0 Å². The summed E-state index contributed by atoms with van der Waals surface area (Å²) in [6, 6.07) is 5.42. The molecule has 0 aliphatic heterocycles. The molecule has 2 nitrogen and oxygen atoms in total. The lowest BCUT2D eigenvalue weighted by Crippen LogP contribution is -2.14. The monoisotopic (exact) mass is 250 g/mol. The van der Waals surface area contributed by atoms with Gasteiger partial charge in [0.15, 0.2) is 9.84 Å². The van der Waals surface area contributed by atoms with Crippen molar-refractivity contribution < 1.29 is 21.6 Å². The zero-order chi connectivity index (χ0) is 12.6. The molecule has 0 bridgehead atoms. The molecular weight excluding hydrogens is 241 g/mol. The van der Waals surface area contributed by atoms with E-state index in [1.807, 2.05) is 12.1 Å². The minimum atomic E-state index is -4.53. The van der Waals surface area contributed by atoms with Crippen molar-refractivity contribution in [3.05, 3.63) is 29.8 Å². The van der Waals surface area contributed by atoms with Gasteiger partial charge in [0.05, 0.1) is 5.25 Å². The van der Waals surface area contributed by atoms with Gasteiger partial charge in [0, 0.05) is 0 Å². The van der Waals surface area contributed by atoms with Crippen molar-refractivity contribution in [1.29, 1.82) is 0 Å². The summed E-state index contributed by atoms with van der Waals surface area (Å²) in [6.07, 6.45) is -4.53. The van der Waals surface area contributed by atoms with E-state index in [9.17, 15) is 21.6 Å². The Hall–Kier alpha value is -1.22. The molecule has 1 rings (SSSR count). The van der Waals surface area contributed by atoms with Crippen LogP contribution in [0.1, 0.15) is 19.4 Å². The smallest absolute Gasteiger partial charge is 0.223 e. The van der Waals surface area contributed by atoms with E-state index < -0.39 is 26.8 Å². The van der Waals surface area contributed by atoms with Crippen LogP contribution in [0.25, 0.3) is 0 Å².